The standard InChI is InChI=1S/C17H26N2O2S.ClH/c1-2-14-5-7-17(8-6-14)22(20,21)19-11-9-16(10-12-19)18-13-15-3-4-15;/h5-8,15-16,18H,2-4,9-13H2,1H3;1H. The maximum Gasteiger partial charge on any atom is 0.243 e. The lowest BCUT2D eigenvalue weighted by molar-refractivity contribution is 0.288. The van der Waals surface area contributed by atoms with E-state index in [1.165, 1.54) is 18.4 Å². The Kier molecular flexibility index (Phi) is 6.48. The average Bonchev–Trinajstić information content (AvgIpc) is 3.38. The molecule has 0 aromatic heterocycles. The summed E-state index contributed by atoms with van der Waals surface area (Å²) in [5.74, 6) is 0.874. The predicted octanol–water partition coefficient (Wildman–Crippen LogP) is 2.82. The summed E-state index contributed by atoms with van der Waals surface area (Å²) >= 11 is 0. The molecule has 0 spiro atoms. The van der Waals surface area contributed by atoms with Crippen LogP contribution in [-0.2, 0) is 16.4 Å². The van der Waals surface area contributed by atoms with Crippen molar-refractivity contribution in [2.45, 2.75) is 50.0 Å². The summed E-state index contributed by atoms with van der Waals surface area (Å²) in [6.07, 6.45) is 5.47. The Labute approximate surface area is 146 Å². The number of hydrogen-bond acceptors (Lipinski definition) is 3. The van der Waals surface area contributed by atoms with Gasteiger partial charge >= 0.3 is 0 Å². The van der Waals surface area contributed by atoms with Crippen molar-refractivity contribution in [3.8, 4) is 0 Å². The first-order valence-corrected chi connectivity index (χ1v) is 9.86. The number of piperidine rings is 1. The number of nitrogens with one attached hydrogen (secondary N) is 1. The molecule has 0 amide bonds. The minimum Gasteiger partial charge on any atom is -0.314 e. The first-order chi connectivity index (χ1) is 10.6. The molecule has 0 atom stereocenters. The van der Waals surface area contributed by atoms with Gasteiger partial charge in [-0.05, 0) is 62.3 Å². The molecule has 130 valence electrons. The molecule has 4 nitrogen and oxygen atoms in total. The lowest BCUT2D eigenvalue weighted by Gasteiger charge is -2.31. The Balaban J connectivity index is 0.00000192. The van der Waals surface area contributed by atoms with E-state index in [4.69, 9.17) is 0 Å². The van der Waals surface area contributed by atoms with Crippen LogP contribution in [0.3, 0.4) is 0 Å². The van der Waals surface area contributed by atoms with Crippen LogP contribution in [0.15, 0.2) is 29.2 Å². The number of hydrogen-bond donors (Lipinski definition) is 1. The van der Waals surface area contributed by atoms with Gasteiger partial charge in [-0.15, -0.1) is 12.4 Å². The quantitative estimate of drug-likeness (QED) is 0.850. The molecule has 1 saturated carbocycles. The number of halogens is 1. The van der Waals surface area contributed by atoms with Crippen molar-refractivity contribution in [3.05, 3.63) is 29.8 Å². The first kappa shape index (κ1) is 18.7. The normalized spacial score (nSPS) is 20.2. The van der Waals surface area contributed by atoms with Crippen molar-refractivity contribution in [2.75, 3.05) is 19.6 Å². The molecule has 1 aromatic rings. The summed E-state index contributed by atoms with van der Waals surface area (Å²) < 4.78 is 27.0. The van der Waals surface area contributed by atoms with Gasteiger partial charge in [-0.25, -0.2) is 8.42 Å². The van der Waals surface area contributed by atoms with Crippen LogP contribution in [0.5, 0.6) is 0 Å². The summed E-state index contributed by atoms with van der Waals surface area (Å²) in [4.78, 5) is 0.425. The fraction of sp³-hybridized carbons (Fsp3) is 0.647. The summed E-state index contributed by atoms with van der Waals surface area (Å²) in [7, 11) is -3.32. The highest BCUT2D eigenvalue weighted by molar-refractivity contribution is 7.89. The number of nitrogens with zero attached hydrogens (tertiary/aromatic N) is 1. The van der Waals surface area contributed by atoms with E-state index in [9.17, 15) is 8.42 Å². The van der Waals surface area contributed by atoms with E-state index in [0.29, 0.717) is 24.0 Å². The van der Waals surface area contributed by atoms with Crippen LogP contribution in [0.2, 0.25) is 0 Å². The van der Waals surface area contributed by atoms with E-state index in [1.807, 2.05) is 12.1 Å². The largest absolute Gasteiger partial charge is 0.314 e. The van der Waals surface area contributed by atoms with Gasteiger partial charge in [0.2, 0.25) is 10.0 Å². The maximum absolute atomic E-state index is 12.7. The minimum absolute atomic E-state index is 0. The zero-order valence-electron chi connectivity index (χ0n) is 13.7. The van der Waals surface area contributed by atoms with Crippen molar-refractivity contribution in [1.29, 1.82) is 0 Å². The zero-order chi connectivity index (χ0) is 15.6. The van der Waals surface area contributed by atoms with Gasteiger partial charge in [-0.3, -0.25) is 0 Å². The highest BCUT2D eigenvalue weighted by Crippen LogP contribution is 2.28. The van der Waals surface area contributed by atoms with Crippen LogP contribution in [0.25, 0.3) is 0 Å². The SMILES string of the molecule is CCc1ccc(S(=O)(=O)N2CCC(NCC3CC3)CC2)cc1.Cl. The van der Waals surface area contributed by atoms with Crippen molar-refractivity contribution in [3.63, 3.8) is 0 Å². The molecular weight excluding hydrogens is 332 g/mol. The molecule has 0 bridgehead atoms. The van der Waals surface area contributed by atoms with Gasteiger partial charge < -0.3 is 5.32 Å². The van der Waals surface area contributed by atoms with E-state index in [2.05, 4.69) is 12.2 Å². The number of sulfonamides is 1. The maximum atomic E-state index is 12.7. The van der Waals surface area contributed by atoms with Gasteiger partial charge in [0.15, 0.2) is 0 Å². The van der Waals surface area contributed by atoms with E-state index in [1.54, 1.807) is 16.4 Å². The van der Waals surface area contributed by atoms with E-state index in [0.717, 1.165) is 31.7 Å². The molecule has 6 heteroatoms. The van der Waals surface area contributed by atoms with E-state index in [-0.39, 0.29) is 12.4 Å². The van der Waals surface area contributed by atoms with Crippen LogP contribution >= 0.6 is 12.4 Å². The molecule has 1 aliphatic heterocycles. The molecule has 2 fully saturated rings. The smallest absolute Gasteiger partial charge is 0.243 e. The van der Waals surface area contributed by atoms with Gasteiger partial charge in [0, 0.05) is 19.1 Å². The highest BCUT2D eigenvalue weighted by atomic mass is 35.5. The summed E-state index contributed by atoms with van der Waals surface area (Å²) in [6, 6.07) is 7.79. The van der Waals surface area contributed by atoms with Gasteiger partial charge in [0.25, 0.3) is 0 Å². The Morgan fingerprint density at radius 3 is 2.22 bits per heavy atom. The van der Waals surface area contributed by atoms with Crippen molar-refractivity contribution in [1.82, 2.24) is 9.62 Å². The molecule has 1 heterocycles. The van der Waals surface area contributed by atoms with Crippen molar-refractivity contribution < 1.29 is 8.42 Å². The third-order valence-electron chi connectivity index (χ3n) is 4.82. The van der Waals surface area contributed by atoms with Crippen LogP contribution < -0.4 is 5.32 Å². The molecule has 2 aliphatic rings. The second-order valence-electron chi connectivity index (χ2n) is 6.53. The van der Waals surface area contributed by atoms with Crippen LogP contribution in [0.4, 0.5) is 0 Å². The van der Waals surface area contributed by atoms with Crippen LogP contribution in [-0.4, -0.2) is 38.4 Å². The molecule has 23 heavy (non-hydrogen) atoms. The van der Waals surface area contributed by atoms with E-state index >= 15 is 0 Å². The third-order valence-corrected chi connectivity index (χ3v) is 6.73. The topological polar surface area (TPSA) is 49.4 Å². The van der Waals surface area contributed by atoms with Gasteiger partial charge in [-0.2, -0.15) is 4.31 Å². The fourth-order valence-corrected chi connectivity index (χ4v) is 4.47. The van der Waals surface area contributed by atoms with Crippen LogP contribution in [0, 0.1) is 5.92 Å². The Morgan fingerprint density at radius 1 is 1.09 bits per heavy atom. The molecule has 1 aromatic carbocycles. The molecule has 3 rings (SSSR count). The molecule has 0 radical (unpaired) electrons. The molecule has 0 unspecified atom stereocenters. The molecule has 1 aliphatic carbocycles. The zero-order valence-corrected chi connectivity index (χ0v) is 15.3. The second kappa shape index (κ2) is 7.97. The summed E-state index contributed by atoms with van der Waals surface area (Å²) in [5, 5.41) is 3.59. The Morgan fingerprint density at radius 2 is 1.70 bits per heavy atom. The Hall–Kier alpha value is -0.620. The summed E-state index contributed by atoms with van der Waals surface area (Å²) in [6.45, 7) is 4.43. The lowest BCUT2D eigenvalue weighted by atomic mass is 10.1. The minimum atomic E-state index is -3.32. The number of benzene rings is 1. The predicted molar refractivity (Wildman–Crippen MR) is 95.6 cm³/mol. The average molecular weight is 359 g/mol. The van der Waals surface area contributed by atoms with E-state index < -0.39 is 10.0 Å². The second-order valence-corrected chi connectivity index (χ2v) is 8.47. The fourth-order valence-electron chi connectivity index (χ4n) is 3.00. The monoisotopic (exact) mass is 358 g/mol. The highest BCUT2D eigenvalue weighted by Gasteiger charge is 2.30. The van der Waals surface area contributed by atoms with Crippen molar-refractivity contribution >= 4 is 22.4 Å². The lowest BCUT2D eigenvalue weighted by Crippen LogP contribution is -2.45. The van der Waals surface area contributed by atoms with Gasteiger partial charge in [0.05, 0.1) is 4.90 Å². The number of rotatable bonds is 6. The molecular formula is C17H27ClN2O2S. The number of aryl methyl sites for hydroxylation is 1. The molecule has 1 N–H and O–H groups in total. The van der Waals surface area contributed by atoms with Crippen LogP contribution in [0.1, 0.15) is 38.2 Å². The Bertz CT molecular complexity index is 592. The van der Waals surface area contributed by atoms with Gasteiger partial charge in [0.1, 0.15) is 0 Å². The third kappa shape index (κ3) is 4.69. The van der Waals surface area contributed by atoms with Crippen molar-refractivity contribution in [2.24, 2.45) is 5.92 Å². The molecule has 1 saturated heterocycles. The summed E-state index contributed by atoms with van der Waals surface area (Å²) in [5.41, 5.74) is 1.17. The first-order valence-electron chi connectivity index (χ1n) is 8.42. The van der Waals surface area contributed by atoms with Gasteiger partial charge in [-0.1, -0.05) is 19.1 Å².